The summed E-state index contributed by atoms with van der Waals surface area (Å²) in [6, 6.07) is 0. The van der Waals surface area contributed by atoms with Crippen molar-refractivity contribution in [1.82, 2.24) is 0 Å². The highest BCUT2D eigenvalue weighted by Crippen LogP contribution is 2.32. The van der Waals surface area contributed by atoms with Gasteiger partial charge in [-0.25, -0.2) is 0 Å². The van der Waals surface area contributed by atoms with Crippen LogP contribution in [0.25, 0.3) is 0 Å². The SMILES string of the molecule is COCC1CCCCC1CC(=O)O. The number of hydrogen-bond acceptors (Lipinski definition) is 2. The minimum atomic E-state index is -0.673. The van der Waals surface area contributed by atoms with E-state index in [1.807, 2.05) is 0 Å². The summed E-state index contributed by atoms with van der Waals surface area (Å²) in [5.74, 6) is 0.133. The summed E-state index contributed by atoms with van der Waals surface area (Å²) in [4.78, 5) is 10.6. The quantitative estimate of drug-likeness (QED) is 0.729. The molecular formula is C10H18O3. The standard InChI is InChI=1S/C10H18O3/c1-13-7-9-5-3-2-4-8(9)6-10(11)12/h8-9H,2-7H2,1H3,(H,11,12). The number of carbonyl (C=O) groups is 1. The molecule has 0 amide bonds. The number of methoxy groups -OCH3 is 1. The highest BCUT2D eigenvalue weighted by Gasteiger charge is 2.26. The Kier molecular flexibility index (Phi) is 4.22. The Morgan fingerprint density at radius 2 is 2.00 bits per heavy atom. The number of carboxylic acids is 1. The third-order valence-electron chi connectivity index (χ3n) is 2.88. The van der Waals surface area contributed by atoms with Gasteiger partial charge in [0, 0.05) is 20.1 Å². The lowest BCUT2D eigenvalue weighted by Gasteiger charge is -2.29. The summed E-state index contributed by atoms with van der Waals surface area (Å²) in [6.45, 7) is 0.720. The maximum Gasteiger partial charge on any atom is 0.303 e. The smallest absolute Gasteiger partial charge is 0.303 e. The van der Waals surface area contributed by atoms with E-state index < -0.39 is 5.97 Å². The van der Waals surface area contributed by atoms with Crippen molar-refractivity contribution in [3.63, 3.8) is 0 Å². The number of rotatable bonds is 4. The van der Waals surface area contributed by atoms with Crippen LogP contribution in [-0.4, -0.2) is 24.8 Å². The molecule has 1 saturated carbocycles. The number of carboxylic acid groups (broad SMARTS) is 1. The molecule has 3 heteroatoms. The fourth-order valence-corrected chi connectivity index (χ4v) is 2.21. The second-order valence-corrected chi connectivity index (χ2v) is 3.86. The van der Waals surface area contributed by atoms with Crippen LogP contribution in [-0.2, 0) is 9.53 Å². The maximum atomic E-state index is 10.6. The van der Waals surface area contributed by atoms with Crippen LogP contribution in [0, 0.1) is 11.8 Å². The molecular weight excluding hydrogens is 168 g/mol. The molecule has 13 heavy (non-hydrogen) atoms. The van der Waals surface area contributed by atoms with Gasteiger partial charge in [0.15, 0.2) is 0 Å². The van der Waals surface area contributed by atoms with E-state index in [4.69, 9.17) is 9.84 Å². The van der Waals surface area contributed by atoms with Crippen molar-refractivity contribution in [2.24, 2.45) is 11.8 Å². The van der Waals surface area contributed by atoms with Gasteiger partial charge in [-0.2, -0.15) is 0 Å². The van der Waals surface area contributed by atoms with Crippen LogP contribution in [0.15, 0.2) is 0 Å². The third-order valence-corrected chi connectivity index (χ3v) is 2.88. The predicted molar refractivity (Wildman–Crippen MR) is 49.6 cm³/mol. The predicted octanol–water partition coefficient (Wildman–Crippen LogP) is 1.91. The molecule has 0 aromatic carbocycles. The fraction of sp³-hybridized carbons (Fsp3) is 0.900. The Balaban J connectivity index is 2.41. The van der Waals surface area contributed by atoms with Gasteiger partial charge in [-0.05, 0) is 24.7 Å². The van der Waals surface area contributed by atoms with E-state index >= 15 is 0 Å². The first-order valence-electron chi connectivity index (χ1n) is 4.94. The van der Waals surface area contributed by atoms with Crippen LogP contribution >= 0.6 is 0 Å². The normalized spacial score (nSPS) is 28.7. The van der Waals surface area contributed by atoms with E-state index in [9.17, 15) is 4.79 Å². The van der Waals surface area contributed by atoms with Gasteiger partial charge in [-0.1, -0.05) is 12.8 Å². The van der Waals surface area contributed by atoms with Crippen LogP contribution in [0.2, 0.25) is 0 Å². The molecule has 1 aliphatic carbocycles. The van der Waals surface area contributed by atoms with E-state index in [1.54, 1.807) is 7.11 Å². The van der Waals surface area contributed by atoms with Gasteiger partial charge in [-0.3, -0.25) is 4.79 Å². The molecule has 3 nitrogen and oxygen atoms in total. The van der Waals surface area contributed by atoms with Crippen molar-refractivity contribution in [2.75, 3.05) is 13.7 Å². The second-order valence-electron chi connectivity index (χ2n) is 3.86. The van der Waals surface area contributed by atoms with Crippen molar-refractivity contribution >= 4 is 5.97 Å². The third kappa shape index (κ3) is 3.35. The largest absolute Gasteiger partial charge is 0.481 e. The van der Waals surface area contributed by atoms with Gasteiger partial charge in [-0.15, -0.1) is 0 Å². The highest BCUT2D eigenvalue weighted by molar-refractivity contribution is 5.67. The zero-order valence-corrected chi connectivity index (χ0v) is 8.16. The molecule has 0 spiro atoms. The Labute approximate surface area is 79.1 Å². The van der Waals surface area contributed by atoms with Crippen molar-refractivity contribution in [3.05, 3.63) is 0 Å². The number of hydrogen-bond donors (Lipinski definition) is 1. The van der Waals surface area contributed by atoms with Gasteiger partial charge in [0.1, 0.15) is 0 Å². The van der Waals surface area contributed by atoms with E-state index in [0.29, 0.717) is 18.3 Å². The maximum absolute atomic E-state index is 10.6. The first kappa shape index (κ1) is 10.5. The lowest BCUT2D eigenvalue weighted by molar-refractivity contribution is -0.139. The van der Waals surface area contributed by atoms with Gasteiger partial charge < -0.3 is 9.84 Å². The molecule has 0 saturated heterocycles. The second kappa shape index (κ2) is 5.22. The lowest BCUT2D eigenvalue weighted by atomic mass is 9.78. The summed E-state index contributed by atoms with van der Waals surface area (Å²) in [6.07, 6.45) is 4.91. The zero-order chi connectivity index (χ0) is 9.68. The first-order chi connectivity index (χ1) is 6.24. The Hall–Kier alpha value is -0.570. The number of ether oxygens (including phenoxy) is 1. The average molecular weight is 186 g/mol. The Morgan fingerprint density at radius 1 is 1.38 bits per heavy atom. The molecule has 0 heterocycles. The molecule has 1 N–H and O–H groups in total. The Morgan fingerprint density at radius 3 is 2.54 bits per heavy atom. The summed E-state index contributed by atoms with van der Waals surface area (Å²) < 4.78 is 5.10. The molecule has 2 unspecified atom stereocenters. The topological polar surface area (TPSA) is 46.5 Å². The summed E-state index contributed by atoms with van der Waals surface area (Å²) in [5.41, 5.74) is 0. The van der Waals surface area contributed by atoms with E-state index in [0.717, 1.165) is 19.4 Å². The molecule has 0 aromatic heterocycles. The van der Waals surface area contributed by atoms with Gasteiger partial charge in [0.05, 0.1) is 0 Å². The molecule has 0 bridgehead atoms. The van der Waals surface area contributed by atoms with Crippen LogP contribution in [0.5, 0.6) is 0 Å². The van der Waals surface area contributed by atoms with Gasteiger partial charge in [0.2, 0.25) is 0 Å². The van der Waals surface area contributed by atoms with Crippen LogP contribution < -0.4 is 0 Å². The van der Waals surface area contributed by atoms with E-state index in [2.05, 4.69) is 0 Å². The molecule has 1 rings (SSSR count). The zero-order valence-electron chi connectivity index (χ0n) is 8.16. The van der Waals surface area contributed by atoms with E-state index in [1.165, 1.54) is 12.8 Å². The lowest BCUT2D eigenvalue weighted by Crippen LogP contribution is -2.25. The molecule has 76 valence electrons. The molecule has 1 fully saturated rings. The van der Waals surface area contributed by atoms with Crippen molar-refractivity contribution < 1.29 is 14.6 Å². The van der Waals surface area contributed by atoms with Gasteiger partial charge in [0.25, 0.3) is 0 Å². The van der Waals surface area contributed by atoms with Crippen molar-refractivity contribution in [3.8, 4) is 0 Å². The Bertz CT molecular complexity index is 166. The fourth-order valence-electron chi connectivity index (χ4n) is 2.21. The molecule has 2 atom stereocenters. The number of aliphatic carboxylic acids is 1. The minimum absolute atomic E-state index is 0.314. The molecule has 1 aliphatic rings. The van der Waals surface area contributed by atoms with Crippen molar-refractivity contribution in [2.45, 2.75) is 32.1 Å². The van der Waals surface area contributed by atoms with E-state index in [-0.39, 0.29) is 0 Å². The summed E-state index contributed by atoms with van der Waals surface area (Å²) in [5, 5.41) is 8.71. The van der Waals surface area contributed by atoms with Crippen LogP contribution in [0.4, 0.5) is 0 Å². The monoisotopic (exact) mass is 186 g/mol. The molecule has 0 aromatic rings. The van der Waals surface area contributed by atoms with Gasteiger partial charge >= 0.3 is 5.97 Å². The molecule has 0 radical (unpaired) electrons. The van der Waals surface area contributed by atoms with Crippen molar-refractivity contribution in [1.29, 1.82) is 0 Å². The van der Waals surface area contributed by atoms with Crippen LogP contribution in [0.1, 0.15) is 32.1 Å². The first-order valence-corrected chi connectivity index (χ1v) is 4.94. The molecule has 0 aliphatic heterocycles. The summed E-state index contributed by atoms with van der Waals surface area (Å²) >= 11 is 0. The minimum Gasteiger partial charge on any atom is -0.481 e. The van der Waals surface area contributed by atoms with Crippen LogP contribution in [0.3, 0.4) is 0 Å². The summed E-state index contributed by atoms with van der Waals surface area (Å²) in [7, 11) is 1.69. The average Bonchev–Trinajstić information content (AvgIpc) is 2.08. The highest BCUT2D eigenvalue weighted by atomic mass is 16.5.